The Morgan fingerprint density at radius 3 is 2.11 bits per heavy atom. The molecule has 0 spiro atoms. The number of hydrogen-bond donors (Lipinski definition) is 1. The molecule has 0 atom stereocenters. The van der Waals surface area contributed by atoms with Crippen LogP contribution in [0.1, 0.15) is 51.7 Å². The molecule has 0 radical (unpaired) electrons. The fourth-order valence-electron chi connectivity index (χ4n) is 2.31. The van der Waals surface area contributed by atoms with Gasteiger partial charge in [0.15, 0.2) is 0 Å². The summed E-state index contributed by atoms with van der Waals surface area (Å²) in [6.45, 7) is 10.0. The summed E-state index contributed by atoms with van der Waals surface area (Å²) in [5.74, 6) is -0.255. The van der Waals surface area contributed by atoms with Gasteiger partial charge >= 0.3 is 5.97 Å². The molecule has 1 aromatic rings. The van der Waals surface area contributed by atoms with Gasteiger partial charge in [0.1, 0.15) is 0 Å². The van der Waals surface area contributed by atoms with E-state index in [1.165, 1.54) is 5.56 Å². The maximum Gasteiger partial charge on any atom is 0.331 e. The number of benzene rings is 1. The molecular formula is C16H22O2. The molecule has 0 aliphatic carbocycles. The number of carbonyl (C=O) groups is 1. The molecule has 0 unspecified atom stereocenters. The second-order valence-corrected chi connectivity index (χ2v) is 5.24. The topological polar surface area (TPSA) is 37.3 Å². The predicted molar refractivity (Wildman–Crippen MR) is 75.6 cm³/mol. The van der Waals surface area contributed by atoms with Gasteiger partial charge in [0.25, 0.3) is 0 Å². The van der Waals surface area contributed by atoms with Gasteiger partial charge < -0.3 is 5.11 Å². The lowest BCUT2D eigenvalue weighted by molar-refractivity contribution is -0.132. The fraction of sp³-hybridized carbons (Fsp3) is 0.438. The largest absolute Gasteiger partial charge is 0.478 e. The third-order valence-corrected chi connectivity index (χ3v) is 3.18. The second kappa shape index (κ2) is 5.85. The number of carboxylic acids is 1. The van der Waals surface area contributed by atoms with Gasteiger partial charge in [0.05, 0.1) is 0 Å². The molecule has 0 heterocycles. The summed E-state index contributed by atoms with van der Waals surface area (Å²) >= 11 is 0. The summed E-state index contributed by atoms with van der Waals surface area (Å²) in [7, 11) is 0. The zero-order chi connectivity index (χ0) is 13.9. The number of aliphatic carboxylic acids is 1. The Kier molecular flexibility index (Phi) is 4.71. The molecule has 2 heteroatoms. The Morgan fingerprint density at radius 2 is 1.67 bits per heavy atom. The van der Waals surface area contributed by atoms with Gasteiger partial charge in [0, 0.05) is 5.57 Å². The van der Waals surface area contributed by atoms with Crippen LogP contribution in [0.15, 0.2) is 29.8 Å². The lowest BCUT2D eigenvalue weighted by atomic mass is 9.85. The maximum atomic E-state index is 11.2. The highest BCUT2D eigenvalue weighted by Gasteiger charge is 2.18. The predicted octanol–water partition coefficient (Wildman–Crippen LogP) is 4.32. The van der Waals surface area contributed by atoms with Crippen LogP contribution < -0.4 is 0 Å². The molecule has 0 bridgehead atoms. The summed E-state index contributed by atoms with van der Waals surface area (Å²) in [6, 6.07) is 8.08. The van der Waals surface area contributed by atoms with E-state index in [1.807, 2.05) is 32.0 Å². The van der Waals surface area contributed by atoms with Crippen molar-refractivity contribution < 1.29 is 9.90 Å². The van der Waals surface area contributed by atoms with Crippen LogP contribution in [0.2, 0.25) is 0 Å². The Hall–Kier alpha value is -1.57. The molecule has 0 amide bonds. The SMILES string of the molecule is CC(C(=O)O)=C(c1ccccc1C(C)C)C(C)C. The molecule has 1 aromatic carbocycles. The lowest BCUT2D eigenvalue weighted by Gasteiger charge is -2.20. The van der Waals surface area contributed by atoms with E-state index in [0.29, 0.717) is 11.5 Å². The van der Waals surface area contributed by atoms with Crippen molar-refractivity contribution in [2.45, 2.75) is 40.5 Å². The molecule has 0 aromatic heterocycles. The minimum absolute atomic E-state index is 0.195. The van der Waals surface area contributed by atoms with Gasteiger partial charge in [-0.2, -0.15) is 0 Å². The maximum absolute atomic E-state index is 11.2. The Labute approximate surface area is 109 Å². The summed E-state index contributed by atoms with van der Waals surface area (Å²) in [6.07, 6.45) is 0. The number of carboxylic acid groups (broad SMARTS) is 1. The Morgan fingerprint density at radius 1 is 1.11 bits per heavy atom. The van der Waals surface area contributed by atoms with E-state index in [2.05, 4.69) is 19.9 Å². The monoisotopic (exact) mass is 246 g/mol. The van der Waals surface area contributed by atoms with Crippen LogP contribution in [-0.4, -0.2) is 11.1 Å². The summed E-state index contributed by atoms with van der Waals surface area (Å²) in [5, 5.41) is 9.23. The molecule has 0 aliphatic heterocycles. The van der Waals surface area contributed by atoms with Crippen LogP contribution in [0, 0.1) is 5.92 Å². The summed E-state index contributed by atoms with van der Waals surface area (Å²) in [5.41, 5.74) is 3.66. The fourth-order valence-corrected chi connectivity index (χ4v) is 2.31. The van der Waals surface area contributed by atoms with E-state index < -0.39 is 5.97 Å². The van der Waals surface area contributed by atoms with E-state index >= 15 is 0 Å². The van der Waals surface area contributed by atoms with Crippen molar-refractivity contribution in [3.05, 3.63) is 41.0 Å². The first kappa shape index (κ1) is 14.5. The van der Waals surface area contributed by atoms with Gasteiger partial charge in [-0.1, -0.05) is 52.0 Å². The Bertz CT molecular complexity index is 468. The highest BCUT2D eigenvalue weighted by Crippen LogP contribution is 2.32. The molecule has 0 aliphatic rings. The van der Waals surface area contributed by atoms with Crippen molar-refractivity contribution in [2.75, 3.05) is 0 Å². The first-order chi connectivity index (χ1) is 8.36. The molecule has 0 saturated heterocycles. The zero-order valence-corrected chi connectivity index (χ0v) is 11.8. The highest BCUT2D eigenvalue weighted by atomic mass is 16.4. The standard InChI is InChI=1S/C16H22O2/c1-10(2)13-8-6-7-9-14(13)15(11(3)4)12(5)16(17)18/h6-11H,1-5H3,(H,17,18). The van der Waals surface area contributed by atoms with Gasteiger partial charge in [0.2, 0.25) is 0 Å². The zero-order valence-electron chi connectivity index (χ0n) is 11.8. The molecule has 18 heavy (non-hydrogen) atoms. The number of hydrogen-bond acceptors (Lipinski definition) is 1. The van der Waals surface area contributed by atoms with Gasteiger partial charge in [-0.3, -0.25) is 0 Å². The molecule has 1 N–H and O–H groups in total. The molecular weight excluding hydrogens is 224 g/mol. The van der Waals surface area contributed by atoms with E-state index in [1.54, 1.807) is 6.92 Å². The quantitative estimate of drug-likeness (QED) is 0.803. The van der Waals surface area contributed by atoms with Crippen molar-refractivity contribution in [3.8, 4) is 0 Å². The third-order valence-electron chi connectivity index (χ3n) is 3.18. The van der Waals surface area contributed by atoms with Crippen LogP contribution >= 0.6 is 0 Å². The van der Waals surface area contributed by atoms with E-state index in [0.717, 1.165) is 11.1 Å². The third kappa shape index (κ3) is 3.00. The van der Waals surface area contributed by atoms with Crippen molar-refractivity contribution in [1.82, 2.24) is 0 Å². The average molecular weight is 246 g/mol. The van der Waals surface area contributed by atoms with Gasteiger partial charge in [-0.25, -0.2) is 4.79 Å². The molecule has 2 nitrogen and oxygen atoms in total. The second-order valence-electron chi connectivity index (χ2n) is 5.24. The van der Waals surface area contributed by atoms with Crippen molar-refractivity contribution in [1.29, 1.82) is 0 Å². The van der Waals surface area contributed by atoms with Crippen LogP contribution in [0.5, 0.6) is 0 Å². The first-order valence-corrected chi connectivity index (χ1v) is 6.39. The minimum Gasteiger partial charge on any atom is -0.478 e. The van der Waals surface area contributed by atoms with Crippen LogP contribution in [0.25, 0.3) is 5.57 Å². The van der Waals surface area contributed by atoms with Crippen LogP contribution in [-0.2, 0) is 4.79 Å². The minimum atomic E-state index is -0.836. The van der Waals surface area contributed by atoms with E-state index in [4.69, 9.17) is 0 Å². The first-order valence-electron chi connectivity index (χ1n) is 6.39. The average Bonchev–Trinajstić information content (AvgIpc) is 2.28. The van der Waals surface area contributed by atoms with Crippen molar-refractivity contribution in [2.24, 2.45) is 5.92 Å². The van der Waals surface area contributed by atoms with Gasteiger partial charge in [-0.05, 0) is 35.5 Å². The number of rotatable bonds is 4. The van der Waals surface area contributed by atoms with E-state index in [9.17, 15) is 9.90 Å². The van der Waals surface area contributed by atoms with E-state index in [-0.39, 0.29) is 5.92 Å². The van der Waals surface area contributed by atoms with Crippen LogP contribution in [0.3, 0.4) is 0 Å². The smallest absolute Gasteiger partial charge is 0.331 e. The summed E-state index contributed by atoms with van der Waals surface area (Å²) < 4.78 is 0. The van der Waals surface area contributed by atoms with Crippen LogP contribution in [0.4, 0.5) is 0 Å². The van der Waals surface area contributed by atoms with Crippen molar-refractivity contribution in [3.63, 3.8) is 0 Å². The molecule has 1 rings (SSSR count). The lowest BCUT2D eigenvalue weighted by Crippen LogP contribution is -2.07. The molecule has 0 fully saturated rings. The molecule has 0 saturated carbocycles. The Balaban J connectivity index is 3.50. The van der Waals surface area contributed by atoms with Crippen molar-refractivity contribution >= 4 is 11.5 Å². The summed E-state index contributed by atoms with van der Waals surface area (Å²) in [4.78, 5) is 11.2. The molecule has 98 valence electrons. The number of allylic oxidation sites excluding steroid dienone is 1. The van der Waals surface area contributed by atoms with Gasteiger partial charge in [-0.15, -0.1) is 0 Å². The highest BCUT2D eigenvalue weighted by molar-refractivity contribution is 5.96. The normalized spacial score (nSPS) is 12.8.